The fraction of sp³-hybridized carbons (Fsp3) is 0.300. The van der Waals surface area contributed by atoms with E-state index >= 15 is 0 Å². The zero-order chi connectivity index (χ0) is 19.4. The number of aromatic nitrogens is 3. The molecule has 2 heterocycles. The molecule has 7 heteroatoms. The second-order valence-electron chi connectivity index (χ2n) is 6.71. The van der Waals surface area contributed by atoms with Gasteiger partial charge in [0.25, 0.3) is 0 Å². The van der Waals surface area contributed by atoms with E-state index in [0.29, 0.717) is 22.7 Å². The SMILES string of the molecule is Cc1cc(C)nc(Nc2nc(CC(=O)Nc3ccccc3C(C)C)cs2)n1. The average molecular weight is 382 g/mol. The first kappa shape index (κ1) is 19.0. The maximum atomic E-state index is 12.4. The number of hydrogen-bond donors (Lipinski definition) is 2. The predicted octanol–water partition coefficient (Wildman–Crippen LogP) is 4.60. The molecule has 0 atom stereocenters. The van der Waals surface area contributed by atoms with E-state index < -0.39 is 0 Å². The Morgan fingerprint density at radius 2 is 1.81 bits per heavy atom. The standard InChI is InChI=1S/C20H23N5OS/c1-12(2)16-7-5-6-8-17(16)24-18(26)10-15-11-27-20(23-15)25-19-21-13(3)9-14(4)22-19/h5-9,11-12H,10H2,1-4H3,(H,24,26)(H,21,22,23,25). The van der Waals surface area contributed by atoms with E-state index in [4.69, 9.17) is 0 Å². The van der Waals surface area contributed by atoms with Crippen molar-refractivity contribution in [3.63, 3.8) is 0 Å². The first-order valence-corrected chi connectivity index (χ1v) is 9.71. The van der Waals surface area contributed by atoms with Gasteiger partial charge in [-0.2, -0.15) is 0 Å². The molecule has 0 saturated carbocycles. The van der Waals surface area contributed by atoms with Crippen molar-refractivity contribution >= 4 is 34.0 Å². The normalized spacial score (nSPS) is 10.9. The quantitative estimate of drug-likeness (QED) is 0.652. The number of rotatable bonds is 6. The number of anilines is 3. The summed E-state index contributed by atoms with van der Waals surface area (Å²) in [6.45, 7) is 8.07. The lowest BCUT2D eigenvalue weighted by atomic mass is 10.0. The molecular formula is C20H23N5OS. The molecule has 2 N–H and O–H groups in total. The van der Waals surface area contributed by atoms with Crippen molar-refractivity contribution in [1.29, 1.82) is 0 Å². The summed E-state index contributed by atoms with van der Waals surface area (Å²) < 4.78 is 0. The van der Waals surface area contributed by atoms with Crippen LogP contribution in [0.2, 0.25) is 0 Å². The molecule has 1 amide bonds. The van der Waals surface area contributed by atoms with Crippen LogP contribution in [-0.4, -0.2) is 20.9 Å². The van der Waals surface area contributed by atoms with Gasteiger partial charge in [-0.3, -0.25) is 4.79 Å². The van der Waals surface area contributed by atoms with Gasteiger partial charge < -0.3 is 10.6 Å². The van der Waals surface area contributed by atoms with Gasteiger partial charge in [-0.05, 0) is 37.5 Å². The van der Waals surface area contributed by atoms with Crippen LogP contribution in [0.25, 0.3) is 0 Å². The molecular weight excluding hydrogens is 358 g/mol. The third-order valence-corrected chi connectivity index (χ3v) is 4.76. The lowest BCUT2D eigenvalue weighted by Gasteiger charge is -2.13. The predicted molar refractivity (Wildman–Crippen MR) is 110 cm³/mol. The maximum absolute atomic E-state index is 12.4. The van der Waals surface area contributed by atoms with Gasteiger partial charge in [0.2, 0.25) is 11.9 Å². The molecule has 0 bridgehead atoms. The highest BCUT2D eigenvalue weighted by Gasteiger charge is 2.12. The average Bonchev–Trinajstić information content (AvgIpc) is 3.00. The van der Waals surface area contributed by atoms with Crippen LogP contribution in [0.5, 0.6) is 0 Å². The monoisotopic (exact) mass is 381 g/mol. The summed E-state index contributed by atoms with van der Waals surface area (Å²) in [5.74, 6) is 0.778. The Hall–Kier alpha value is -2.80. The maximum Gasteiger partial charge on any atom is 0.230 e. The van der Waals surface area contributed by atoms with Gasteiger partial charge in [-0.25, -0.2) is 15.0 Å². The first-order valence-electron chi connectivity index (χ1n) is 8.83. The molecule has 0 aliphatic carbocycles. The van der Waals surface area contributed by atoms with Crippen LogP contribution >= 0.6 is 11.3 Å². The molecule has 0 aliphatic rings. The lowest BCUT2D eigenvalue weighted by Crippen LogP contribution is -2.16. The fourth-order valence-corrected chi connectivity index (χ4v) is 3.50. The van der Waals surface area contributed by atoms with E-state index in [1.807, 2.05) is 49.6 Å². The summed E-state index contributed by atoms with van der Waals surface area (Å²) in [4.78, 5) is 25.6. The van der Waals surface area contributed by atoms with Crippen LogP contribution in [0.4, 0.5) is 16.8 Å². The second-order valence-corrected chi connectivity index (χ2v) is 7.57. The largest absolute Gasteiger partial charge is 0.325 e. The molecule has 3 aromatic rings. The third kappa shape index (κ3) is 5.10. The number of carbonyl (C=O) groups is 1. The number of para-hydroxylation sites is 1. The number of nitrogens with zero attached hydrogens (tertiary/aromatic N) is 3. The smallest absolute Gasteiger partial charge is 0.230 e. The Morgan fingerprint density at radius 1 is 1.11 bits per heavy atom. The summed E-state index contributed by atoms with van der Waals surface area (Å²) in [6.07, 6.45) is 0.221. The molecule has 2 aromatic heterocycles. The number of aryl methyl sites for hydroxylation is 2. The zero-order valence-corrected chi connectivity index (χ0v) is 16.7. The number of nitrogens with one attached hydrogen (secondary N) is 2. The molecule has 0 radical (unpaired) electrons. The Bertz CT molecular complexity index is 931. The van der Waals surface area contributed by atoms with Crippen molar-refractivity contribution in [2.75, 3.05) is 10.6 Å². The zero-order valence-electron chi connectivity index (χ0n) is 15.9. The van der Waals surface area contributed by atoms with Crippen molar-refractivity contribution in [3.8, 4) is 0 Å². The van der Waals surface area contributed by atoms with Gasteiger partial charge in [0.1, 0.15) is 0 Å². The second kappa shape index (κ2) is 8.26. The Balaban J connectivity index is 1.64. The number of benzene rings is 1. The van der Waals surface area contributed by atoms with Gasteiger partial charge >= 0.3 is 0 Å². The molecule has 3 rings (SSSR count). The van der Waals surface area contributed by atoms with Crippen molar-refractivity contribution in [2.24, 2.45) is 0 Å². The highest BCUT2D eigenvalue weighted by Crippen LogP contribution is 2.24. The highest BCUT2D eigenvalue weighted by atomic mass is 32.1. The molecule has 0 fully saturated rings. The van der Waals surface area contributed by atoms with Gasteiger partial charge in [-0.1, -0.05) is 32.0 Å². The van der Waals surface area contributed by atoms with E-state index in [9.17, 15) is 4.79 Å². The summed E-state index contributed by atoms with van der Waals surface area (Å²) >= 11 is 1.43. The van der Waals surface area contributed by atoms with E-state index in [2.05, 4.69) is 39.4 Å². The van der Waals surface area contributed by atoms with Gasteiger partial charge in [0, 0.05) is 22.5 Å². The molecule has 6 nitrogen and oxygen atoms in total. The van der Waals surface area contributed by atoms with Gasteiger partial charge in [0.15, 0.2) is 5.13 Å². The molecule has 0 aliphatic heterocycles. The number of hydrogen-bond acceptors (Lipinski definition) is 6. The van der Waals surface area contributed by atoms with Crippen molar-refractivity contribution in [3.05, 3.63) is 58.4 Å². The van der Waals surface area contributed by atoms with E-state index in [1.54, 1.807) is 0 Å². The summed E-state index contributed by atoms with van der Waals surface area (Å²) in [5, 5.41) is 8.65. The van der Waals surface area contributed by atoms with Crippen LogP contribution in [-0.2, 0) is 11.2 Å². The first-order chi connectivity index (χ1) is 12.9. The fourth-order valence-electron chi connectivity index (χ4n) is 2.80. The molecule has 0 unspecified atom stereocenters. The number of amides is 1. The highest BCUT2D eigenvalue weighted by molar-refractivity contribution is 7.13. The molecule has 27 heavy (non-hydrogen) atoms. The summed E-state index contributed by atoms with van der Waals surface area (Å²) in [5.41, 5.74) is 4.48. The minimum Gasteiger partial charge on any atom is -0.325 e. The third-order valence-electron chi connectivity index (χ3n) is 3.95. The van der Waals surface area contributed by atoms with E-state index in [1.165, 1.54) is 11.3 Å². The van der Waals surface area contributed by atoms with Crippen LogP contribution in [0.15, 0.2) is 35.7 Å². The minimum atomic E-state index is -0.0809. The summed E-state index contributed by atoms with van der Waals surface area (Å²) in [7, 11) is 0. The summed E-state index contributed by atoms with van der Waals surface area (Å²) in [6, 6.07) is 9.79. The molecule has 0 saturated heterocycles. The molecule has 0 spiro atoms. The van der Waals surface area contributed by atoms with Crippen LogP contribution in [0.3, 0.4) is 0 Å². The molecule has 1 aromatic carbocycles. The minimum absolute atomic E-state index is 0.0809. The Kier molecular flexibility index (Phi) is 5.81. The van der Waals surface area contributed by atoms with E-state index in [0.717, 1.165) is 22.6 Å². The van der Waals surface area contributed by atoms with Gasteiger partial charge in [-0.15, -0.1) is 11.3 Å². The van der Waals surface area contributed by atoms with Crippen molar-refractivity contribution in [2.45, 2.75) is 40.0 Å². The number of thiazole rings is 1. The van der Waals surface area contributed by atoms with Gasteiger partial charge in [0.05, 0.1) is 12.1 Å². The van der Waals surface area contributed by atoms with Crippen LogP contribution in [0, 0.1) is 13.8 Å². The Morgan fingerprint density at radius 3 is 2.52 bits per heavy atom. The molecule has 140 valence electrons. The Labute approximate surface area is 163 Å². The lowest BCUT2D eigenvalue weighted by molar-refractivity contribution is -0.115. The van der Waals surface area contributed by atoms with Crippen molar-refractivity contribution < 1.29 is 4.79 Å². The van der Waals surface area contributed by atoms with E-state index in [-0.39, 0.29) is 12.3 Å². The topological polar surface area (TPSA) is 79.8 Å². The van der Waals surface area contributed by atoms with Crippen molar-refractivity contribution in [1.82, 2.24) is 15.0 Å². The number of carbonyl (C=O) groups excluding carboxylic acids is 1. The van der Waals surface area contributed by atoms with Crippen LogP contribution in [0.1, 0.15) is 42.4 Å². The van der Waals surface area contributed by atoms with Crippen LogP contribution < -0.4 is 10.6 Å².